The second-order valence-corrected chi connectivity index (χ2v) is 17.0. The number of fused-ring (bicyclic) bond motifs is 8. The van der Waals surface area contributed by atoms with Gasteiger partial charge in [-0.05, 0) is 142 Å². The third-order valence-corrected chi connectivity index (χ3v) is 12.5. The van der Waals surface area contributed by atoms with Crippen LogP contribution in [-0.2, 0) is 0 Å². The molecule has 0 aliphatic carbocycles. The van der Waals surface area contributed by atoms with Gasteiger partial charge in [-0.3, -0.25) is 9.97 Å². The maximum atomic E-state index is 5.47. The second-order valence-electron chi connectivity index (χ2n) is 15.1. The van der Waals surface area contributed by atoms with E-state index >= 15 is 0 Å². The number of pyridine rings is 2. The summed E-state index contributed by atoms with van der Waals surface area (Å²) in [7, 11) is 0. The van der Waals surface area contributed by atoms with Crippen molar-refractivity contribution in [1.82, 2.24) is 29.9 Å². The lowest BCUT2D eigenvalue weighted by Crippen LogP contribution is -1.90. The Morgan fingerprint density at radius 1 is 0.274 bits per heavy atom. The van der Waals surface area contributed by atoms with E-state index in [1.807, 2.05) is 49.1 Å². The lowest BCUT2D eigenvalue weighted by molar-refractivity contribution is 1.31. The summed E-state index contributed by atoms with van der Waals surface area (Å²) in [5.41, 5.74) is 19.9. The highest BCUT2D eigenvalue weighted by atomic mass is 79.9. The number of nitrogens with zero attached hydrogens (tertiary/aromatic N) is 4. The molecule has 0 spiro atoms. The Bertz CT molecular complexity index is 3140. The zero-order valence-corrected chi connectivity index (χ0v) is 36.2. The summed E-state index contributed by atoms with van der Waals surface area (Å²) in [6.45, 7) is 0. The van der Waals surface area contributed by atoms with E-state index < -0.39 is 0 Å². The van der Waals surface area contributed by atoms with Crippen LogP contribution in [0.2, 0.25) is 0 Å². The molecule has 0 atom stereocenters. The highest BCUT2D eigenvalue weighted by Crippen LogP contribution is 2.39. The second kappa shape index (κ2) is 16.0. The van der Waals surface area contributed by atoms with Gasteiger partial charge in [-0.15, -0.1) is 0 Å². The van der Waals surface area contributed by atoms with E-state index in [0.29, 0.717) is 0 Å². The van der Waals surface area contributed by atoms with Gasteiger partial charge in [-0.1, -0.05) is 105 Å². The normalized spacial score (nSPS) is 11.9. The summed E-state index contributed by atoms with van der Waals surface area (Å²) in [6.07, 6.45) is 15.8. The fourth-order valence-corrected chi connectivity index (χ4v) is 8.93. The highest BCUT2D eigenvalue weighted by Gasteiger charge is 2.19. The molecular formula is C54H34Br2N6. The molecule has 2 aliphatic rings. The van der Waals surface area contributed by atoms with Gasteiger partial charge in [0.15, 0.2) is 0 Å². The summed E-state index contributed by atoms with van der Waals surface area (Å²) >= 11 is 7.32. The Labute approximate surface area is 374 Å². The maximum absolute atomic E-state index is 5.47. The van der Waals surface area contributed by atoms with Gasteiger partial charge in [0.1, 0.15) is 0 Å². The molecule has 2 aliphatic heterocycles. The molecule has 4 aromatic carbocycles. The largest absolute Gasteiger partial charge is 0.354 e. The van der Waals surface area contributed by atoms with Crippen LogP contribution in [0.5, 0.6) is 0 Å². The van der Waals surface area contributed by atoms with Gasteiger partial charge in [-0.2, -0.15) is 0 Å². The topological polar surface area (TPSA) is 83.1 Å². The molecule has 294 valence electrons. The Morgan fingerprint density at radius 2 is 0.516 bits per heavy atom. The smallest absolute Gasteiger partial charge is 0.0737 e. The van der Waals surface area contributed by atoms with Crippen LogP contribution in [0.25, 0.3) is 113 Å². The molecule has 0 amide bonds. The molecule has 2 N–H and O–H groups in total. The molecule has 0 saturated carbocycles. The minimum atomic E-state index is 0.860. The van der Waals surface area contributed by atoms with E-state index in [-0.39, 0.29) is 0 Å². The fourth-order valence-electron chi connectivity index (χ4n) is 8.40. The van der Waals surface area contributed by atoms with E-state index in [4.69, 9.17) is 9.97 Å². The lowest BCUT2D eigenvalue weighted by Gasteiger charge is -2.08. The van der Waals surface area contributed by atoms with Crippen LogP contribution in [0.1, 0.15) is 22.8 Å². The van der Waals surface area contributed by atoms with Crippen molar-refractivity contribution in [3.8, 4) is 66.8 Å². The van der Waals surface area contributed by atoms with Crippen molar-refractivity contribution in [3.63, 3.8) is 0 Å². The molecule has 0 unspecified atom stereocenters. The zero-order valence-electron chi connectivity index (χ0n) is 33.0. The average molecular weight is 927 g/mol. The van der Waals surface area contributed by atoms with Gasteiger partial charge in [0, 0.05) is 78.1 Å². The maximum Gasteiger partial charge on any atom is 0.0737 e. The van der Waals surface area contributed by atoms with Crippen LogP contribution in [0, 0.1) is 0 Å². The molecule has 0 saturated heterocycles. The van der Waals surface area contributed by atoms with Crippen LogP contribution in [0.15, 0.2) is 179 Å². The van der Waals surface area contributed by atoms with Crippen molar-refractivity contribution < 1.29 is 0 Å². The number of hydrogen-bond acceptors (Lipinski definition) is 4. The van der Waals surface area contributed by atoms with Crippen LogP contribution < -0.4 is 0 Å². The van der Waals surface area contributed by atoms with Crippen LogP contribution >= 0.6 is 31.9 Å². The lowest BCUT2D eigenvalue weighted by atomic mass is 10.00. The van der Waals surface area contributed by atoms with Crippen LogP contribution in [-0.4, -0.2) is 29.9 Å². The van der Waals surface area contributed by atoms with Gasteiger partial charge < -0.3 is 9.97 Å². The average Bonchev–Trinajstić information content (AvgIpc) is 4.17. The SMILES string of the molecule is Brc1ccc(-c2c3nc(c(-c4ccc(-c5ccncc5)cc4)c4ccc([nH]4)c(-c4ccc(Br)cc4)c4nc(c(-c5ccc(-c6ccncc6)cc5)c5ccc2[nH]5)C=C4)C=C3)cc1. The first kappa shape index (κ1) is 37.7. The number of nitrogens with one attached hydrogen (secondary N) is 2. The van der Waals surface area contributed by atoms with Crippen molar-refractivity contribution in [2.45, 2.75) is 0 Å². The first-order valence-corrected chi connectivity index (χ1v) is 21.8. The monoisotopic (exact) mass is 924 g/mol. The van der Waals surface area contributed by atoms with Crippen molar-refractivity contribution in [2.24, 2.45) is 0 Å². The van der Waals surface area contributed by atoms with E-state index in [9.17, 15) is 0 Å². The molecule has 8 bridgehead atoms. The number of halogens is 2. The summed E-state index contributed by atoms with van der Waals surface area (Å²) in [5.74, 6) is 0. The number of rotatable bonds is 6. The van der Waals surface area contributed by atoms with E-state index in [2.05, 4.69) is 197 Å². The van der Waals surface area contributed by atoms with Crippen molar-refractivity contribution >= 4 is 78.2 Å². The van der Waals surface area contributed by atoms with Gasteiger partial charge in [0.05, 0.1) is 22.8 Å². The van der Waals surface area contributed by atoms with Crippen LogP contribution in [0.3, 0.4) is 0 Å². The number of aromatic amines is 2. The Morgan fingerprint density at radius 3 is 0.806 bits per heavy atom. The van der Waals surface area contributed by atoms with E-state index in [1.165, 1.54) is 0 Å². The third kappa shape index (κ3) is 7.13. The number of benzene rings is 4. The molecule has 0 fully saturated rings. The molecule has 5 aromatic heterocycles. The predicted octanol–water partition coefficient (Wildman–Crippen LogP) is 15.0. The Kier molecular flexibility index (Phi) is 9.72. The van der Waals surface area contributed by atoms with Gasteiger partial charge in [-0.25, -0.2) is 9.97 Å². The predicted molar refractivity (Wildman–Crippen MR) is 262 cm³/mol. The summed E-state index contributed by atoms with van der Waals surface area (Å²) in [6, 6.07) is 51.0. The molecule has 6 nitrogen and oxygen atoms in total. The Balaban J connectivity index is 1.23. The van der Waals surface area contributed by atoms with Gasteiger partial charge in [0.25, 0.3) is 0 Å². The molecule has 0 radical (unpaired) electrons. The summed E-state index contributed by atoms with van der Waals surface area (Å²) < 4.78 is 2.02. The Hall–Kier alpha value is -7.26. The van der Waals surface area contributed by atoms with E-state index in [0.717, 1.165) is 121 Å². The number of aromatic nitrogens is 6. The number of H-pyrrole nitrogens is 2. The minimum Gasteiger partial charge on any atom is -0.354 e. The molecule has 11 rings (SSSR count). The first-order valence-electron chi connectivity index (χ1n) is 20.2. The highest BCUT2D eigenvalue weighted by molar-refractivity contribution is 9.10. The van der Waals surface area contributed by atoms with Crippen molar-refractivity contribution in [3.05, 3.63) is 202 Å². The first-order chi connectivity index (χ1) is 30.5. The fraction of sp³-hybridized carbons (Fsp3) is 0. The standard InChI is InChI=1S/C54H34Br2N6/c55-41-13-9-39(10-14-41)53-47-21-17-43(59-47)51(37-5-1-33(2-6-37)35-25-29-57-30-26-35)44-18-22-48(60-44)54(40-11-15-42(56)16-12-40)50-24-20-46(62-50)52(45-19-23-49(53)61-45)38-7-3-34(4-8-38)36-27-31-58-32-28-36/h1-32,59,62H. The molecular weight excluding hydrogens is 892 g/mol. The third-order valence-electron chi connectivity index (χ3n) is 11.4. The van der Waals surface area contributed by atoms with Crippen molar-refractivity contribution in [2.75, 3.05) is 0 Å². The molecule has 8 heteroatoms. The summed E-state index contributed by atoms with van der Waals surface area (Å²) in [5, 5.41) is 0. The molecule has 7 heterocycles. The van der Waals surface area contributed by atoms with E-state index in [1.54, 1.807) is 0 Å². The van der Waals surface area contributed by atoms with Crippen molar-refractivity contribution in [1.29, 1.82) is 0 Å². The van der Waals surface area contributed by atoms with Crippen LogP contribution in [0.4, 0.5) is 0 Å². The zero-order chi connectivity index (χ0) is 41.6. The molecule has 9 aromatic rings. The van der Waals surface area contributed by atoms with Gasteiger partial charge in [0.2, 0.25) is 0 Å². The molecule has 62 heavy (non-hydrogen) atoms. The minimum absolute atomic E-state index is 0.860. The van der Waals surface area contributed by atoms with Gasteiger partial charge >= 0.3 is 0 Å². The number of hydrogen-bond donors (Lipinski definition) is 2. The quantitative estimate of drug-likeness (QED) is 0.174. The summed E-state index contributed by atoms with van der Waals surface area (Å²) in [4.78, 5) is 27.1.